The molecule has 0 bridgehead atoms. The standard InChI is InChI=1S/C14H23N5/c1-19(12-3-2-4-12)14-7-13(17-10-18-14)16-9-11-5-6-15-8-11/h7,10-12,15H,2-6,8-9H2,1H3,(H,16,17,18). The number of hydrogen-bond donors (Lipinski definition) is 2. The molecule has 0 amide bonds. The molecule has 2 N–H and O–H groups in total. The predicted molar refractivity (Wildman–Crippen MR) is 77.5 cm³/mol. The third kappa shape index (κ3) is 2.97. The Morgan fingerprint density at radius 3 is 2.95 bits per heavy atom. The average Bonchev–Trinajstić information content (AvgIpc) is 2.88. The number of aromatic nitrogens is 2. The van der Waals surface area contributed by atoms with Gasteiger partial charge in [-0.1, -0.05) is 0 Å². The summed E-state index contributed by atoms with van der Waals surface area (Å²) in [6.07, 6.45) is 6.85. The van der Waals surface area contributed by atoms with E-state index in [9.17, 15) is 0 Å². The quantitative estimate of drug-likeness (QED) is 0.841. The first-order valence-corrected chi connectivity index (χ1v) is 7.32. The van der Waals surface area contributed by atoms with E-state index in [4.69, 9.17) is 0 Å². The fraction of sp³-hybridized carbons (Fsp3) is 0.714. The van der Waals surface area contributed by atoms with Gasteiger partial charge >= 0.3 is 0 Å². The van der Waals surface area contributed by atoms with Gasteiger partial charge in [0, 0.05) is 25.7 Å². The molecule has 3 rings (SSSR count). The lowest BCUT2D eigenvalue weighted by molar-refractivity contribution is 0.399. The largest absolute Gasteiger partial charge is 0.370 e. The molecule has 0 radical (unpaired) electrons. The molecule has 1 saturated heterocycles. The Kier molecular flexibility index (Phi) is 3.82. The Balaban J connectivity index is 1.58. The van der Waals surface area contributed by atoms with Crippen LogP contribution in [0.15, 0.2) is 12.4 Å². The van der Waals surface area contributed by atoms with Crippen LogP contribution in [0.1, 0.15) is 25.7 Å². The van der Waals surface area contributed by atoms with Crippen molar-refractivity contribution in [2.75, 3.05) is 36.9 Å². The molecular weight excluding hydrogens is 238 g/mol. The van der Waals surface area contributed by atoms with E-state index in [0.717, 1.165) is 37.2 Å². The Labute approximate surface area is 114 Å². The zero-order valence-corrected chi connectivity index (χ0v) is 11.6. The van der Waals surface area contributed by atoms with Gasteiger partial charge in [-0.25, -0.2) is 9.97 Å². The summed E-state index contributed by atoms with van der Waals surface area (Å²) in [6, 6.07) is 2.74. The van der Waals surface area contributed by atoms with Crippen molar-refractivity contribution in [3.63, 3.8) is 0 Å². The SMILES string of the molecule is CN(c1cc(NCC2CCNC2)ncn1)C1CCC1. The molecule has 0 aromatic carbocycles. The molecule has 1 aliphatic carbocycles. The van der Waals surface area contributed by atoms with Crippen LogP contribution < -0.4 is 15.5 Å². The molecular formula is C14H23N5. The number of anilines is 2. The van der Waals surface area contributed by atoms with Crippen LogP contribution in [0.4, 0.5) is 11.6 Å². The van der Waals surface area contributed by atoms with Crippen LogP contribution in [0.25, 0.3) is 0 Å². The van der Waals surface area contributed by atoms with E-state index >= 15 is 0 Å². The average molecular weight is 261 g/mol. The van der Waals surface area contributed by atoms with E-state index in [0.29, 0.717) is 6.04 Å². The molecule has 1 atom stereocenters. The minimum atomic E-state index is 0.668. The summed E-state index contributed by atoms with van der Waals surface area (Å²) in [5.41, 5.74) is 0. The van der Waals surface area contributed by atoms with Crippen LogP contribution >= 0.6 is 0 Å². The maximum atomic E-state index is 4.38. The van der Waals surface area contributed by atoms with Crippen LogP contribution in [0.3, 0.4) is 0 Å². The highest BCUT2D eigenvalue weighted by Gasteiger charge is 2.23. The maximum Gasteiger partial charge on any atom is 0.134 e. The molecule has 19 heavy (non-hydrogen) atoms. The van der Waals surface area contributed by atoms with Crippen molar-refractivity contribution in [1.82, 2.24) is 15.3 Å². The second-order valence-corrected chi connectivity index (χ2v) is 5.70. The number of nitrogens with one attached hydrogen (secondary N) is 2. The number of rotatable bonds is 5. The normalized spacial score (nSPS) is 23.1. The van der Waals surface area contributed by atoms with Gasteiger partial charge in [-0.15, -0.1) is 0 Å². The van der Waals surface area contributed by atoms with Crippen LogP contribution in [0.5, 0.6) is 0 Å². The summed E-state index contributed by atoms with van der Waals surface area (Å²) in [4.78, 5) is 11.0. The maximum absolute atomic E-state index is 4.38. The monoisotopic (exact) mass is 261 g/mol. The van der Waals surface area contributed by atoms with Crippen LogP contribution in [-0.2, 0) is 0 Å². The molecule has 5 nitrogen and oxygen atoms in total. The van der Waals surface area contributed by atoms with Gasteiger partial charge in [-0.05, 0) is 44.7 Å². The topological polar surface area (TPSA) is 53.1 Å². The van der Waals surface area contributed by atoms with Crippen molar-refractivity contribution in [3.05, 3.63) is 12.4 Å². The second kappa shape index (κ2) is 5.74. The molecule has 104 valence electrons. The lowest BCUT2D eigenvalue weighted by atomic mass is 9.92. The van der Waals surface area contributed by atoms with Gasteiger partial charge in [0.2, 0.25) is 0 Å². The fourth-order valence-corrected chi connectivity index (χ4v) is 2.74. The zero-order valence-electron chi connectivity index (χ0n) is 11.6. The van der Waals surface area contributed by atoms with E-state index < -0.39 is 0 Å². The van der Waals surface area contributed by atoms with Gasteiger partial charge in [-0.3, -0.25) is 0 Å². The van der Waals surface area contributed by atoms with Gasteiger partial charge in [0.05, 0.1) is 0 Å². The lowest BCUT2D eigenvalue weighted by Gasteiger charge is -2.35. The van der Waals surface area contributed by atoms with Crippen molar-refractivity contribution in [3.8, 4) is 0 Å². The highest BCUT2D eigenvalue weighted by Crippen LogP contribution is 2.27. The first kappa shape index (κ1) is 12.7. The third-order valence-corrected chi connectivity index (χ3v) is 4.37. The lowest BCUT2D eigenvalue weighted by Crippen LogP contribution is -2.37. The molecule has 1 aromatic rings. The van der Waals surface area contributed by atoms with Crippen molar-refractivity contribution in [2.45, 2.75) is 31.7 Å². The minimum Gasteiger partial charge on any atom is -0.370 e. The highest BCUT2D eigenvalue weighted by molar-refractivity contribution is 5.48. The Morgan fingerprint density at radius 1 is 1.37 bits per heavy atom. The van der Waals surface area contributed by atoms with Crippen molar-refractivity contribution < 1.29 is 0 Å². The summed E-state index contributed by atoms with van der Waals surface area (Å²) >= 11 is 0. The zero-order chi connectivity index (χ0) is 13.1. The molecule has 2 heterocycles. The fourth-order valence-electron chi connectivity index (χ4n) is 2.74. The van der Waals surface area contributed by atoms with Crippen LogP contribution in [-0.4, -0.2) is 42.7 Å². The molecule has 1 saturated carbocycles. The van der Waals surface area contributed by atoms with E-state index in [-0.39, 0.29) is 0 Å². The first-order valence-electron chi connectivity index (χ1n) is 7.32. The van der Waals surface area contributed by atoms with E-state index in [1.165, 1.54) is 25.7 Å². The molecule has 1 aliphatic heterocycles. The van der Waals surface area contributed by atoms with Gasteiger partial charge in [0.25, 0.3) is 0 Å². The van der Waals surface area contributed by atoms with E-state index in [1.54, 1.807) is 6.33 Å². The Hall–Kier alpha value is -1.36. The van der Waals surface area contributed by atoms with Crippen molar-refractivity contribution >= 4 is 11.6 Å². The molecule has 1 aromatic heterocycles. The van der Waals surface area contributed by atoms with E-state index in [1.807, 2.05) is 0 Å². The predicted octanol–water partition coefficient (Wildman–Crippen LogP) is 1.49. The van der Waals surface area contributed by atoms with E-state index in [2.05, 4.69) is 38.6 Å². The summed E-state index contributed by atoms with van der Waals surface area (Å²) in [5.74, 6) is 2.71. The summed E-state index contributed by atoms with van der Waals surface area (Å²) < 4.78 is 0. The molecule has 2 aliphatic rings. The Bertz CT molecular complexity index is 412. The molecule has 5 heteroatoms. The van der Waals surface area contributed by atoms with Crippen molar-refractivity contribution in [2.24, 2.45) is 5.92 Å². The van der Waals surface area contributed by atoms with Crippen LogP contribution in [0.2, 0.25) is 0 Å². The third-order valence-electron chi connectivity index (χ3n) is 4.37. The van der Waals surface area contributed by atoms with Gasteiger partial charge in [0.15, 0.2) is 0 Å². The van der Waals surface area contributed by atoms with Gasteiger partial charge in [-0.2, -0.15) is 0 Å². The van der Waals surface area contributed by atoms with Crippen molar-refractivity contribution in [1.29, 1.82) is 0 Å². The van der Waals surface area contributed by atoms with Crippen LogP contribution in [0, 0.1) is 5.92 Å². The summed E-state index contributed by atoms with van der Waals surface area (Å²) in [6.45, 7) is 3.26. The number of hydrogen-bond acceptors (Lipinski definition) is 5. The molecule has 1 unspecified atom stereocenters. The minimum absolute atomic E-state index is 0.668. The number of nitrogens with zero attached hydrogens (tertiary/aromatic N) is 3. The molecule has 2 fully saturated rings. The summed E-state index contributed by atoms with van der Waals surface area (Å²) in [5, 5.41) is 6.83. The van der Waals surface area contributed by atoms with Gasteiger partial charge < -0.3 is 15.5 Å². The van der Waals surface area contributed by atoms with Gasteiger partial charge in [0.1, 0.15) is 18.0 Å². The second-order valence-electron chi connectivity index (χ2n) is 5.70. The summed E-state index contributed by atoms with van der Waals surface area (Å²) in [7, 11) is 2.14. The molecule has 0 spiro atoms. The smallest absolute Gasteiger partial charge is 0.134 e. The first-order chi connectivity index (χ1) is 9.33. The Morgan fingerprint density at radius 2 is 2.26 bits per heavy atom. The highest BCUT2D eigenvalue weighted by atomic mass is 15.2.